The molecule has 1 aromatic carbocycles. The highest BCUT2D eigenvalue weighted by Crippen LogP contribution is 2.23. The second-order valence-corrected chi connectivity index (χ2v) is 6.34. The van der Waals surface area contributed by atoms with Gasteiger partial charge in [-0.05, 0) is 12.8 Å². The van der Waals surface area contributed by atoms with Gasteiger partial charge in [0.1, 0.15) is 5.01 Å². The van der Waals surface area contributed by atoms with Crippen LogP contribution in [0.1, 0.15) is 31.4 Å². The molecule has 2 aromatic rings. The Hall–Kier alpha value is -1.68. The second kappa shape index (κ2) is 6.85. The average molecular weight is 300 g/mol. The fourth-order valence-electron chi connectivity index (χ4n) is 2.69. The molecule has 2 heterocycles. The molecule has 0 atom stereocenters. The van der Waals surface area contributed by atoms with E-state index in [9.17, 15) is 4.79 Å². The van der Waals surface area contributed by atoms with Crippen LogP contribution in [-0.2, 0) is 11.2 Å². The molecule has 1 saturated heterocycles. The maximum Gasteiger partial charge on any atom is 0.228 e. The number of carbonyl (C=O) groups excluding carboxylic acids is 1. The van der Waals surface area contributed by atoms with Crippen molar-refractivity contribution < 1.29 is 4.79 Å². The van der Waals surface area contributed by atoms with Crippen LogP contribution in [0, 0.1) is 0 Å². The predicted octanol–water partition coefficient (Wildman–Crippen LogP) is 3.76. The van der Waals surface area contributed by atoms with E-state index >= 15 is 0 Å². The molecule has 1 aromatic heterocycles. The van der Waals surface area contributed by atoms with Crippen molar-refractivity contribution in [3.05, 3.63) is 41.4 Å². The van der Waals surface area contributed by atoms with Crippen molar-refractivity contribution in [3.8, 4) is 10.6 Å². The van der Waals surface area contributed by atoms with Crippen molar-refractivity contribution in [1.29, 1.82) is 0 Å². The summed E-state index contributed by atoms with van der Waals surface area (Å²) in [5.74, 6) is 0.224. The van der Waals surface area contributed by atoms with E-state index < -0.39 is 0 Å². The van der Waals surface area contributed by atoms with Gasteiger partial charge in [-0.2, -0.15) is 0 Å². The van der Waals surface area contributed by atoms with E-state index in [4.69, 9.17) is 0 Å². The highest BCUT2D eigenvalue weighted by molar-refractivity contribution is 7.13. The van der Waals surface area contributed by atoms with Crippen LogP contribution in [0.4, 0.5) is 0 Å². The average Bonchev–Trinajstić information content (AvgIpc) is 2.81. The summed E-state index contributed by atoms with van der Waals surface area (Å²) in [4.78, 5) is 19.0. The van der Waals surface area contributed by atoms with E-state index in [0.29, 0.717) is 6.42 Å². The molecule has 3 nitrogen and oxygen atoms in total. The third-order valence-corrected chi connectivity index (χ3v) is 4.80. The zero-order valence-electron chi connectivity index (χ0n) is 12.1. The standard InChI is InChI=1S/C17H20N2OS/c20-16(19-10-6-1-2-7-11-19)12-15-13-21-17(18-15)14-8-4-3-5-9-14/h3-5,8-9,13H,1-2,6-7,10-12H2. The number of hydrogen-bond acceptors (Lipinski definition) is 3. The van der Waals surface area contributed by atoms with Crippen molar-refractivity contribution in [2.24, 2.45) is 0 Å². The number of aromatic nitrogens is 1. The second-order valence-electron chi connectivity index (χ2n) is 5.48. The molecule has 110 valence electrons. The lowest BCUT2D eigenvalue weighted by Crippen LogP contribution is -2.33. The lowest BCUT2D eigenvalue weighted by atomic mass is 10.2. The van der Waals surface area contributed by atoms with E-state index in [0.717, 1.165) is 42.2 Å². The first kappa shape index (κ1) is 14.3. The van der Waals surface area contributed by atoms with E-state index in [-0.39, 0.29) is 5.91 Å². The molecule has 0 unspecified atom stereocenters. The predicted molar refractivity (Wildman–Crippen MR) is 86.3 cm³/mol. The first-order valence-electron chi connectivity index (χ1n) is 7.60. The topological polar surface area (TPSA) is 33.2 Å². The monoisotopic (exact) mass is 300 g/mol. The molecule has 0 saturated carbocycles. The molecule has 0 N–H and O–H groups in total. The van der Waals surface area contributed by atoms with E-state index in [1.807, 2.05) is 28.5 Å². The van der Waals surface area contributed by atoms with Gasteiger partial charge in [-0.1, -0.05) is 43.2 Å². The summed E-state index contributed by atoms with van der Waals surface area (Å²) in [6.07, 6.45) is 5.21. The van der Waals surface area contributed by atoms with Crippen molar-refractivity contribution in [2.45, 2.75) is 32.1 Å². The number of likely N-dealkylation sites (tertiary alicyclic amines) is 1. The van der Waals surface area contributed by atoms with Crippen LogP contribution in [0.5, 0.6) is 0 Å². The Labute approximate surface area is 129 Å². The largest absolute Gasteiger partial charge is 0.342 e. The van der Waals surface area contributed by atoms with Crippen LogP contribution < -0.4 is 0 Å². The molecule has 4 heteroatoms. The van der Waals surface area contributed by atoms with Crippen LogP contribution >= 0.6 is 11.3 Å². The summed E-state index contributed by atoms with van der Waals surface area (Å²) in [5.41, 5.74) is 2.02. The zero-order valence-corrected chi connectivity index (χ0v) is 12.9. The lowest BCUT2D eigenvalue weighted by molar-refractivity contribution is -0.130. The highest BCUT2D eigenvalue weighted by Gasteiger charge is 2.17. The molecular weight excluding hydrogens is 280 g/mol. The Morgan fingerprint density at radius 3 is 2.52 bits per heavy atom. The molecule has 0 bridgehead atoms. The molecule has 0 spiro atoms. The maximum absolute atomic E-state index is 12.4. The van der Waals surface area contributed by atoms with Gasteiger partial charge in [0.25, 0.3) is 0 Å². The van der Waals surface area contributed by atoms with Crippen molar-refractivity contribution in [2.75, 3.05) is 13.1 Å². The third-order valence-electron chi connectivity index (χ3n) is 3.86. The van der Waals surface area contributed by atoms with E-state index in [2.05, 4.69) is 17.1 Å². The molecule has 1 aliphatic rings. The lowest BCUT2D eigenvalue weighted by Gasteiger charge is -2.19. The number of benzene rings is 1. The number of nitrogens with zero attached hydrogens (tertiary/aromatic N) is 2. The van der Waals surface area contributed by atoms with Gasteiger partial charge in [0.05, 0.1) is 12.1 Å². The van der Waals surface area contributed by atoms with Gasteiger partial charge >= 0.3 is 0 Å². The molecule has 1 aliphatic heterocycles. The van der Waals surface area contributed by atoms with Gasteiger partial charge < -0.3 is 4.90 Å². The molecular formula is C17H20N2OS. The smallest absolute Gasteiger partial charge is 0.228 e. The molecule has 21 heavy (non-hydrogen) atoms. The molecule has 3 rings (SSSR count). The molecule has 1 amide bonds. The Balaban J connectivity index is 1.65. The quantitative estimate of drug-likeness (QED) is 0.865. The number of carbonyl (C=O) groups is 1. The molecule has 1 fully saturated rings. The van der Waals surface area contributed by atoms with Crippen molar-refractivity contribution in [1.82, 2.24) is 9.88 Å². The van der Waals surface area contributed by atoms with Gasteiger partial charge in [-0.15, -0.1) is 11.3 Å². The Bertz CT molecular complexity index is 586. The van der Waals surface area contributed by atoms with Gasteiger partial charge in [-0.3, -0.25) is 4.79 Å². The summed E-state index contributed by atoms with van der Waals surface area (Å²) >= 11 is 1.61. The van der Waals surface area contributed by atoms with Crippen molar-refractivity contribution >= 4 is 17.2 Å². The normalized spacial score (nSPS) is 15.7. The van der Waals surface area contributed by atoms with Crippen molar-refractivity contribution in [3.63, 3.8) is 0 Å². The Morgan fingerprint density at radius 2 is 1.81 bits per heavy atom. The third kappa shape index (κ3) is 3.70. The maximum atomic E-state index is 12.4. The highest BCUT2D eigenvalue weighted by atomic mass is 32.1. The Kier molecular flexibility index (Phi) is 4.65. The van der Waals surface area contributed by atoms with Gasteiger partial charge in [-0.25, -0.2) is 4.98 Å². The zero-order chi connectivity index (χ0) is 14.5. The van der Waals surface area contributed by atoms with Gasteiger partial charge in [0.15, 0.2) is 0 Å². The first-order valence-corrected chi connectivity index (χ1v) is 8.48. The fraction of sp³-hybridized carbons (Fsp3) is 0.412. The summed E-state index contributed by atoms with van der Waals surface area (Å²) in [6.45, 7) is 1.82. The van der Waals surface area contributed by atoms with Gasteiger partial charge in [0.2, 0.25) is 5.91 Å². The van der Waals surface area contributed by atoms with E-state index in [1.54, 1.807) is 11.3 Å². The SMILES string of the molecule is O=C(Cc1csc(-c2ccccc2)n1)N1CCCCCC1. The molecule has 0 radical (unpaired) electrons. The summed E-state index contributed by atoms with van der Waals surface area (Å²) in [7, 11) is 0. The van der Waals surface area contributed by atoms with Crippen LogP contribution in [0.3, 0.4) is 0 Å². The number of thiazole rings is 1. The minimum atomic E-state index is 0.224. The minimum Gasteiger partial charge on any atom is -0.342 e. The minimum absolute atomic E-state index is 0.224. The number of rotatable bonds is 3. The summed E-state index contributed by atoms with van der Waals surface area (Å²) in [6, 6.07) is 10.1. The van der Waals surface area contributed by atoms with Crippen LogP contribution in [0.25, 0.3) is 10.6 Å². The number of amides is 1. The van der Waals surface area contributed by atoms with Crippen LogP contribution in [0.2, 0.25) is 0 Å². The van der Waals surface area contributed by atoms with Crippen LogP contribution in [-0.4, -0.2) is 28.9 Å². The summed E-state index contributed by atoms with van der Waals surface area (Å²) < 4.78 is 0. The van der Waals surface area contributed by atoms with E-state index in [1.165, 1.54) is 12.8 Å². The first-order chi connectivity index (χ1) is 10.3. The summed E-state index contributed by atoms with van der Waals surface area (Å²) in [5, 5.41) is 3.01. The number of hydrogen-bond donors (Lipinski definition) is 0. The Morgan fingerprint density at radius 1 is 1.10 bits per heavy atom. The van der Waals surface area contributed by atoms with Gasteiger partial charge in [0, 0.05) is 24.0 Å². The van der Waals surface area contributed by atoms with Crippen LogP contribution in [0.15, 0.2) is 35.7 Å². The molecule has 0 aliphatic carbocycles. The fourth-order valence-corrected chi connectivity index (χ4v) is 3.51.